The number of quaternary nitrogens is 2. The monoisotopic (exact) mass is 245 g/mol. The SMILES string of the molecule is C[N+](C)(C)CCCCCC[N+](C)(C)CC(=O)[O-]. The number of hydrogen-bond donors (Lipinski definition) is 0. The van der Waals surface area contributed by atoms with Gasteiger partial charge >= 0.3 is 0 Å². The molecule has 0 fully saturated rings. The predicted molar refractivity (Wildman–Crippen MR) is 68.2 cm³/mol. The van der Waals surface area contributed by atoms with Gasteiger partial charge in [-0.05, 0) is 25.7 Å². The first-order chi connectivity index (χ1) is 7.62. The molecular weight excluding hydrogens is 216 g/mol. The van der Waals surface area contributed by atoms with Gasteiger partial charge in [0, 0.05) is 0 Å². The summed E-state index contributed by atoms with van der Waals surface area (Å²) < 4.78 is 1.55. The van der Waals surface area contributed by atoms with Crippen LogP contribution in [0.3, 0.4) is 0 Å². The summed E-state index contributed by atoms with van der Waals surface area (Å²) in [5.74, 6) is -0.958. The van der Waals surface area contributed by atoms with E-state index in [0.29, 0.717) is 4.48 Å². The van der Waals surface area contributed by atoms with E-state index in [1.54, 1.807) is 0 Å². The van der Waals surface area contributed by atoms with Crippen molar-refractivity contribution >= 4 is 5.97 Å². The number of likely N-dealkylation sites (N-methyl/N-ethyl adjacent to an activating group) is 1. The third-order valence-corrected chi connectivity index (χ3v) is 2.90. The van der Waals surface area contributed by atoms with Crippen molar-refractivity contribution in [2.75, 3.05) is 54.9 Å². The molecule has 0 saturated carbocycles. The van der Waals surface area contributed by atoms with Gasteiger partial charge in [0.25, 0.3) is 0 Å². The molecule has 0 aromatic heterocycles. The first kappa shape index (κ1) is 16.4. The molecule has 0 spiro atoms. The van der Waals surface area contributed by atoms with Crippen molar-refractivity contribution in [3.05, 3.63) is 0 Å². The van der Waals surface area contributed by atoms with Gasteiger partial charge in [-0.1, -0.05) is 0 Å². The fourth-order valence-electron chi connectivity index (χ4n) is 1.91. The molecule has 0 aromatic rings. The summed E-state index contributed by atoms with van der Waals surface area (Å²) in [7, 11) is 10.5. The summed E-state index contributed by atoms with van der Waals surface area (Å²) >= 11 is 0. The van der Waals surface area contributed by atoms with Gasteiger partial charge in [0.05, 0.1) is 54.3 Å². The molecule has 0 N–H and O–H groups in total. The van der Waals surface area contributed by atoms with Crippen LogP contribution in [0, 0.1) is 0 Å². The quantitative estimate of drug-likeness (QED) is 0.426. The third-order valence-electron chi connectivity index (χ3n) is 2.90. The van der Waals surface area contributed by atoms with Crippen LogP contribution in [-0.4, -0.2) is 69.8 Å². The number of hydrogen-bond acceptors (Lipinski definition) is 2. The molecule has 0 saturated heterocycles. The normalized spacial score (nSPS) is 12.8. The third kappa shape index (κ3) is 11.6. The first-order valence-electron chi connectivity index (χ1n) is 6.45. The summed E-state index contributed by atoms with van der Waals surface area (Å²) in [6, 6.07) is 0. The minimum Gasteiger partial charge on any atom is -0.544 e. The van der Waals surface area contributed by atoms with Crippen LogP contribution in [0.15, 0.2) is 0 Å². The average molecular weight is 245 g/mol. The lowest BCUT2D eigenvalue weighted by Gasteiger charge is -2.30. The predicted octanol–water partition coefficient (Wildman–Crippen LogP) is 0.0793. The van der Waals surface area contributed by atoms with Gasteiger partial charge in [-0.2, -0.15) is 0 Å². The number of rotatable bonds is 9. The fourth-order valence-corrected chi connectivity index (χ4v) is 1.91. The van der Waals surface area contributed by atoms with Crippen LogP contribution in [0.4, 0.5) is 0 Å². The van der Waals surface area contributed by atoms with Gasteiger partial charge < -0.3 is 18.9 Å². The van der Waals surface area contributed by atoms with Crippen LogP contribution >= 0.6 is 0 Å². The van der Waals surface area contributed by atoms with Gasteiger partial charge in [0.2, 0.25) is 0 Å². The number of unbranched alkanes of at least 4 members (excludes halogenated alkanes) is 3. The maximum absolute atomic E-state index is 10.5. The molecule has 0 rings (SSSR count). The summed E-state index contributed by atoms with van der Waals surface area (Å²) in [5, 5.41) is 10.5. The molecule has 0 radical (unpaired) electrons. The number of aliphatic carboxylic acids is 1. The summed E-state index contributed by atoms with van der Waals surface area (Å²) in [6.45, 7) is 2.23. The lowest BCUT2D eigenvalue weighted by Crippen LogP contribution is -2.48. The van der Waals surface area contributed by atoms with Crippen molar-refractivity contribution < 1.29 is 18.9 Å². The molecule has 0 aliphatic heterocycles. The number of carboxylic acid groups (broad SMARTS) is 1. The number of carbonyl (C=O) groups excluding carboxylic acids is 1. The second-order valence-electron chi connectivity index (χ2n) is 6.62. The zero-order valence-corrected chi connectivity index (χ0v) is 12.2. The van der Waals surface area contributed by atoms with Crippen molar-refractivity contribution in [3.63, 3.8) is 0 Å². The summed E-state index contributed by atoms with van der Waals surface area (Å²) in [5.41, 5.74) is 0. The smallest absolute Gasteiger partial charge is 0.119 e. The van der Waals surface area contributed by atoms with Crippen LogP contribution < -0.4 is 5.11 Å². The first-order valence-corrected chi connectivity index (χ1v) is 6.45. The van der Waals surface area contributed by atoms with Crippen LogP contribution in [0.2, 0.25) is 0 Å². The Bertz CT molecular complexity index is 232. The lowest BCUT2D eigenvalue weighted by atomic mass is 10.1. The van der Waals surface area contributed by atoms with Gasteiger partial charge in [-0.15, -0.1) is 0 Å². The number of carboxylic acids is 1. The van der Waals surface area contributed by atoms with Gasteiger partial charge in [0.15, 0.2) is 0 Å². The van der Waals surface area contributed by atoms with Crippen molar-refractivity contribution in [3.8, 4) is 0 Å². The van der Waals surface area contributed by atoms with Crippen LogP contribution in [0.5, 0.6) is 0 Å². The minimum atomic E-state index is -0.958. The molecule has 4 nitrogen and oxygen atoms in total. The average Bonchev–Trinajstić information content (AvgIpc) is 2.06. The molecule has 0 atom stereocenters. The molecular formula is C13H29N2O2+. The Morgan fingerprint density at radius 3 is 1.76 bits per heavy atom. The Labute approximate surface area is 106 Å². The van der Waals surface area contributed by atoms with E-state index in [1.807, 2.05) is 14.1 Å². The highest BCUT2D eigenvalue weighted by atomic mass is 16.4. The van der Waals surface area contributed by atoms with Crippen LogP contribution in [0.25, 0.3) is 0 Å². The van der Waals surface area contributed by atoms with E-state index in [9.17, 15) is 9.90 Å². The van der Waals surface area contributed by atoms with Crippen molar-refractivity contribution in [1.29, 1.82) is 0 Å². The Balaban J connectivity index is 3.54. The standard InChI is InChI=1S/C13H29N2O2/c1-14(2,3)10-8-6-7-9-11-15(4,5)12-13(16)17/h6-12H2,1-5H3/q+1. The largest absolute Gasteiger partial charge is 0.544 e. The van der Waals surface area contributed by atoms with E-state index in [1.165, 1.54) is 25.8 Å². The van der Waals surface area contributed by atoms with E-state index in [0.717, 1.165) is 17.4 Å². The van der Waals surface area contributed by atoms with Crippen molar-refractivity contribution in [2.24, 2.45) is 0 Å². The maximum atomic E-state index is 10.5. The summed E-state index contributed by atoms with van der Waals surface area (Å²) in [4.78, 5) is 10.5. The van der Waals surface area contributed by atoms with E-state index in [-0.39, 0.29) is 6.54 Å². The van der Waals surface area contributed by atoms with E-state index < -0.39 is 5.97 Å². The number of carbonyl (C=O) groups is 1. The Morgan fingerprint density at radius 2 is 1.35 bits per heavy atom. The number of nitrogens with zero attached hydrogens (tertiary/aromatic N) is 2. The zero-order chi connectivity index (χ0) is 13.5. The second kappa shape index (κ2) is 6.97. The van der Waals surface area contributed by atoms with E-state index in [4.69, 9.17) is 0 Å². The van der Waals surface area contributed by atoms with Gasteiger partial charge in [-0.3, -0.25) is 0 Å². The Hall–Kier alpha value is -0.610. The maximum Gasteiger partial charge on any atom is 0.119 e. The summed E-state index contributed by atoms with van der Waals surface area (Å²) in [6.07, 6.45) is 4.77. The molecule has 17 heavy (non-hydrogen) atoms. The molecule has 0 aliphatic rings. The Kier molecular flexibility index (Phi) is 6.72. The molecule has 4 heteroatoms. The highest BCUT2D eigenvalue weighted by molar-refractivity contribution is 5.65. The topological polar surface area (TPSA) is 40.1 Å². The highest BCUT2D eigenvalue weighted by Crippen LogP contribution is 2.06. The highest BCUT2D eigenvalue weighted by Gasteiger charge is 2.14. The van der Waals surface area contributed by atoms with Crippen LogP contribution in [0.1, 0.15) is 25.7 Å². The molecule has 0 unspecified atom stereocenters. The second-order valence-corrected chi connectivity index (χ2v) is 6.62. The molecule has 0 aliphatic carbocycles. The van der Waals surface area contributed by atoms with E-state index in [2.05, 4.69) is 21.1 Å². The van der Waals surface area contributed by atoms with Crippen molar-refractivity contribution in [1.82, 2.24) is 0 Å². The fraction of sp³-hybridized carbons (Fsp3) is 0.923. The van der Waals surface area contributed by atoms with E-state index >= 15 is 0 Å². The van der Waals surface area contributed by atoms with Crippen molar-refractivity contribution in [2.45, 2.75) is 25.7 Å². The molecule has 102 valence electrons. The van der Waals surface area contributed by atoms with Crippen LogP contribution in [-0.2, 0) is 4.79 Å². The Morgan fingerprint density at radius 1 is 0.882 bits per heavy atom. The zero-order valence-electron chi connectivity index (χ0n) is 12.2. The molecule has 0 amide bonds. The minimum absolute atomic E-state index is 0.110. The van der Waals surface area contributed by atoms with Gasteiger partial charge in [0.1, 0.15) is 6.54 Å². The molecule has 0 bridgehead atoms. The molecule has 0 aromatic carbocycles. The van der Waals surface area contributed by atoms with Gasteiger partial charge in [-0.25, -0.2) is 0 Å². The molecule has 0 heterocycles. The lowest BCUT2D eigenvalue weighted by molar-refractivity contribution is -0.885.